The molecular formula is C10H10F3N3S. The molecule has 0 saturated heterocycles. The molecular weight excluding hydrogens is 251 g/mol. The van der Waals surface area contributed by atoms with Gasteiger partial charge in [-0.15, -0.1) is 11.3 Å². The van der Waals surface area contributed by atoms with Crippen LogP contribution < -0.4 is 5.32 Å². The summed E-state index contributed by atoms with van der Waals surface area (Å²) >= 11 is 1.00. The van der Waals surface area contributed by atoms with Gasteiger partial charge in [0, 0.05) is 11.4 Å². The van der Waals surface area contributed by atoms with Crippen molar-refractivity contribution in [3.63, 3.8) is 0 Å². The van der Waals surface area contributed by atoms with E-state index in [0.717, 1.165) is 23.0 Å². The summed E-state index contributed by atoms with van der Waals surface area (Å²) in [5.74, 6) is 0.450. The number of thiophene rings is 1. The Hall–Kier alpha value is -1.37. The van der Waals surface area contributed by atoms with Crippen LogP contribution in [-0.4, -0.2) is 16.0 Å². The Morgan fingerprint density at radius 1 is 1.29 bits per heavy atom. The average molecular weight is 261 g/mol. The highest BCUT2D eigenvalue weighted by atomic mass is 32.1. The van der Waals surface area contributed by atoms with Crippen LogP contribution in [0.1, 0.15) is 19.4 Å². The van der Waals surface area contributed by atoms with Gasteiger partial charge in [-0.1, -0.05) is 0 Å². The summed E-state index contributed by atoms with van der Waals surface area (Å²) in [6, 6.07) is 0.101. The Morgan fingerprint density at radius 2 is 2.00 bits per heavy atom. The summed E-state index contributed by atoms with van der Waals surface area (Å²) in [7, 11) is 0. The van der Waals surface area contributed by atoms with Crippen LogP contribution in [0.2, 0.25) is 0 Å². The van der Waals surface area contributed by atoms with E-state index in [1.54, 1.807) is 0 Å². The summed E-state index contributed by atoms with van der Waals surface area (Å²) in [6.45, 7) is 3.79. The summed E-state index contributed by atoms with van der Waals surface area (Å²) in [5.41, 5.74) is -0.743. The maximum atomic E-state index is 12.7. The van der Waals surface area contributed by atoms with Crippen molar-refractivity contribution in [2.24, 2.45) is 0 Å². The van der Waals surface area contributed by atoms with Gasteiger partial charge in [-0.05, 0) is 13.8 Å². The second kappa shape index (κ2) is 4.14. The van der Waals surface area contributed by atoms with Crippen LogP contribution in [0.3, 0.4) is 0 Å². The molecule has 0 bridgehead atoms. The SMILES string of the molecule is CC(C)Nc1ncnc2c(C(F)(F)F)csc12. The second-order valence-electron chi connectivity index (χ2n) is 3.85. The highest BCUT2D eigenvalue weighted by Gasteiger charge is 2.34. The Labute approximate surface area is 99.7 Å². The van der Waals surface area contributed by atoms with Crippen molar-refractivity contribution in [3.8, 4) is 0 Å². The summed E-state index contributed by atoms with van der Waals surface area (Å²) in [4.78, 5) is 7.68. The fourth-order valence-corrected chi connectivity index (χ4v) is 2.41. The van der Waals surface area contributed by atoms with Crippen LogP contribution in [0.4, 0.5) is 19.0 Å². The summed E-state index contributed by atoms with van der Waals surface area (Å²) < 4.78 is 38.5. The highest BCUT2D eigenvalue weighted by molar-refractivity contribution is 7.18. The second-order valence-corrected chi connectivity index (χ2v) is 4.73. The van der Waals surface area contributed by atoms with Crippen LogP contribution in [0, 0.1) is 0 Å². The van der Waals surface area contributed by atoms with Gasteiger partial charge in [-0.2, -0.15) is 13.2 Å². The molecule has 2 aromatic rings. The molecule has 1 N–H and O–H groups in total. The largest absolute Gasteiger partial charge is 0.419 e. The van der Waals surface area contributed by atoms with Crippen molar-refractivity contribution in [1.29, 1.82) is 0 Å². The average Bonchev–Trinajstić information content (AvgIpc) is 2.60. The molecule has 2 heterocycles. The number of rotatable bonds is 2. The molecule has 0 fully saturated rings. The third-order valence-corrected chi connectivity index (χ3v) is 3.06. The molecule has 0 spiro atoms. The number of anilines is 1. The van der Waals surface area contributed by atoms with E-state index in [-0.39, 0.29) is 11.6 Å². The van der Waals surface area contributed by atoms with Gasteiger partial charge >= 0.3 is 6.18 Å². The Morgan fingerprint density at radius 3 is 2.59 bits per heavy atom. The van der Waals surface area contributed by atoms with Gasteiger partial charge in [0.25, 0.3) is 0 Å². The highest BCUT2D eigenvalue weighted by Crippen LogP contribution is 2.39. The third kappa shape index (κ3) is 2.33. The fraction of sp³-hybridized carbons (Fsp3) is 0.400. The molecule has 0 radical (unpaired) electrons. The number of halogens is 3. The van der Waals surface area contributed by atoms with E-state index in [1.807, 2.05) is 13.8 Å². The van der Waals surface area contributed by atoms with Crippen molar-refractivity contribution in [1.82, 2.24) is 9.97 Å². The van der Waals surface area contributed by atoms with Crippen molar-refractivity contribution in [2.45, 2.75) is 26.1 Å². The first-order valence-electron chi connectivity index (χ1n) is 4.95. The van der Waals surface area contributed by atoms with Crippen molar-refractivity contribution in [2.75, 3.05) is 5.32 Å². The van der Waals surface area contributed by atoms with Gasteiger partial charge < -0.3 is 5.32 Å². The molecule has 0 aliphatic heterocycles. The normalized spacial score (nSPS) is 12.4. The molecule has 0 amide bonds. The lowest BCUT2D eigenvalue weighted by molar-refractivity contribution is -0.136. The minimum absolute atomic E-state index is 0.0411. The standard InChI is InChI=1S/C10H10F3N3S/c1-5(2)16-9-8-7(14-4-15-9)6(3-17-8)10(11,12)13/h3-5H,1-2H3,(H,14,15,16). The number of fused-ring (bicyclic) bond motifs is 1. The summed E-state index contributed by atoms with van der Waals surface area (Å²) in [5, 5.41) is 4.08. The number of hydrogen-bond acceptors (Lipinski definition) is 4. The first-order chi connectivity index (χ1) is 7.89. The number of nitrogens with one attached hydrogen (secondary N) is 1. The fourth-order valence-electron chi connectivity index (χ4n) is 1.43. The van der Waals surface area contributed by atoms with Crippen LogP contribution in [0.15, 0.2) is 11.7 Å². The molecule has 0 aliphatic carbocycles. The van der Waals surface area contributed by atoms with E-state index in [2.05, 4.69) is 15.3 Å². The maximum Gasteiger partial charge on any atom is 0.419 e. The molecule has 0 saturated carbocycles. The van der Waals surface area contributed by atoms with Gasteiger partial charge in [0.05, 0.1) is 15.8 Å². The van der Waals surface area contributed by atoms with E-state index in [1.165, 1.54) is 0 Å². The molecule has 92 valence electrons. The zero-order valence-corrected chi connectivity index (χ0v) is 9.99. The lowest BCUT2D eigenvalue weighted by Crippen LogP contribution is -2.11. The maximum absolute atomic E-state index is 12.7. The Kier molecular flexibility index (Phi) is 2.94. The van der Waals surface area contributed by atoms with Crippen molar-refractivity contribution < 1.29 is 13.2 Å². The van der Waals surface area contributed by atoms with Crippen LogP contribution in [-0.2, 0) is 6.18 Å². The predicted octanol–water partition coefficient (Wildman–Crippen LogP) is 3.53. The molecule has 0 aliphatic rings. The minimum atomic E-state index is -4.37. The molecule has 0 unspecified atom stereocenters. The first-order valence-corrected chi connectivity index (χ1v) is 5.83. The van der Waals surface area contributed by atoms with Gasteiger partial charge in [-0.3, -0.25) is 0 Å². The zero-order chi connectivity index (χ0) is 12.6. The van der Waals surface area contributed by atoms with Crippen LogP contribution in [0.5, 0.6) is 0 Å². The number of aromatic nitrogens is 2. The number of alkyl halides is 3. The molecule has 0 atom stereocenters. The lowest BCUT2D eigenvalue weighted by Gasteiger charge is -2.09. The topological polar surface area (TPSA) is 37.8 Å². The minimum Gasteiger partial charge on any atom is -0.367 e. The van der Waals surface area contributed by atoms with Gasteiger partial charge in [-0.25, -0.2) is 9.97 Å². The lowest BCUT2D eigenvalue weighted by atomic mass is 10.2. The number of hydrogen-bond donors (Lipinski definition) is 1. The molecule has 3 nitrogen and oxygen atoms in total. The number of nitrogens with zero attached hydrogens (tertiary/aromatic N) is 2. The van der Waals surface area contributed by atoms with Crippen molar-refractivity contribution in [3.05, 3.63) is 17.3 Å². The van der Waals surface area contributed by atoms with E-state index in [0.29, 0.717) is 10.5 Å². The van der Waals surface area contributed by atoms with Gasteiger partial charge in [0.2, 0.25) is 0 Å². The quantitative estimate of drug-likeness (QED) is 0.898. The van der Waals surface area contributed by atoms with E-state index < -0.39 is 11.7 Å². The van der Waals surface area contributed by atoms with Crippen molar-refractivity contribution >= 4 is 27.4 Å². The monoisotopic (exact) mass is 261 g/mol. The molecule has 17 heavy (non-hydrogen) atoms. The molecule has 0 aromatic carbocycles. The zero-order valence-electron chi connectivity index (χ0n) is 9.17. The summed E-state index contributed by atoms with van der Waals surface area (Å²) in [6.07, 6.45) is -3.23. The van der Waals surface area contributed by atoms with Crippen LogP contribution in [0.25, 0.3) is 10.2 Å². The van der Waals surface area contributed by atoms with E-state index >= 15 is 0 Å². The Bertz CT molecular complexity index is 533. The van der Waals surface area contributed by atoms with E-state index in [9.17, 15) is 13.2 Å². The van der Waals surface area contributed by atoms with E-state index in [4.69, 9.17) is 0 Å². The van der Waals surface area contributed by atoms with Gasteiger partial charge in [0.15, 0.2) is 0 Å². The smallest absolute Gasteiger partial charge is 0.367 e. The molecule has 7 heteroatoms. The first kappa shape index (κ1) is 12.1. The third-order valence-electron chi connectivity index (χ3n) is 2.08. The Balaban J connectivity index is 2.57. The molecule has 2 rings (SSSR count). The van der Waals surface area contributed by atoms with Gasteiger partial charge in [0.1, 0.15) is 12.1 Å². The van der Waals surface area contributed by atoms with Crippen LogP contribution >= 0.6 is 11.3 Å². The predicted molar refractivity (Wildman–Crippen MR) is 61.2 cm³/mol. The molecule has 2 aromatic heterocycles.